The molecule has 4 aliphatic rings. The monoisotopic (exact) mass is 285 g/mol. The highest BCUT2D eigenvalue weighted by molar-refractivity contribution is 5.97. The van der Waals surface area contributed by atoms with Crippen molar-refractivity contribution >= 4 is 5.91 Å². The van der Waals surface area contributed by atoms with Gasteiger partial charge in [0.15, 0.2) is 0 Å². The average Bonchev–Trinajstić information content (AvgIpc) is 2.45. The molecule has 21 heavy (non-hydrogen) atoms. The highest BCUT2D eigenvalue weighted by Crippen LogP contribution is 2.55. The van der Waals surface area contributed by atoms with E-state index < -0.39 is 0 Å². The van der Waals surface area contributed by atoms with E-state index in [9.17, 15) is 4.79 Å². The minimum Gasteiger partial charge on any atom is -0.496 e. The molecule has 3 heteroatoms. The fourth-order valence-electron chi connectivity index (χ4n) is 5.40. The summed E-state index contributed by atoms with van der Waals surface area (Å²) in [5.41, 5.74) is 0.725. The fourth-order valence-corrected chi connectivity index (χ4v) is 5.40. The van der Waals surface area contributed by atoms with Crippen LogP contribution in [0.25, 0.3) is 0 Å². The van der Waals surface area contributed by atoms with Crippen LogP contribution in [0.3, 0.4) is 0 Å². The zero-order chi connectivity index (χ0) is 14.4. The van der Waals surface area contributed by atoms with Gasteiger partial charge in [0.2, 0.25) is 0 Å². The summed E-state index contributed by atoms with van der Waals surface area (Å²) in [6.07, 6.45) is 7.72. The van der Waals surface area contributed by atoms with Crippen molar-refractivity contribution in [2.45, 2.75) is 44.1 Å². The SMILES string of the molecule is COc1ccccc1C(=O)NC12CC3CC(CC(C3)C1)C2. The highest BCUT2D eigenvalue weighted by Gasteiger charge is 2.51. The maximum atomic E-state index is 12.7. The number of carbonyl (C=O) groups is 1. The minimum atomic E-state index is 0.0365. The van der Waals surface area contributed by atoms with Gasteiger partial charge in [-0.3, -0.25) is 4.79 Å². The molecule has 3 nitrogen and oxygen atoms in total. The van der Waals surface area contributed by atoms with E-state index in [4.69, 9.17) is 4.74 Å². The van der Waals surface area contributed by atoms with Gasteiger partial charge in [0, 0.05) is 5.54 Å². The Morgan fingerprint density at radius 3 is 2.24 bits per heavy atom. The van der Waals surface area contributed by atoms with Crippen LogP contribution in [-0.4, -0.2) is 18.6 Å². The lowest BCUT2D eigenvalue weighted by atomic mass is 9.53. The van der Waals surface area contributed by atoms with Crippen molar-refractivity contribution in [1.82, 2.24) is 5.32 Å². The number of carbonyl (C=O) groups excluding carboxylic acids is 1. The number of hydrogen-bond acceptors (Lipinski definition) is 2. The molecule has 0 radical (unpaired) electrons. The van der Waals surface area contributed by atoms with Gasteiger partial charge in [-0.25, -0.2) is 0 Å². The Balaban J connectivity index is 1.57. The molecule has 0 unspecified atom stereocenters. The molecule has 4 saturated carbocycles. The van der Waals surface area contributed by atoms with Crippen LogP contribution in [-0.2, 0) is 0 Å². The van der Waals surface area contributed by atoms with Crippen molar-refractivity contribution in [2.75, 3.05) is 7.11 Å². The molecular formula is C18H23NO2. The van der Waals surface area contributed by atoms with Crippen LogP contribution < -0.4 is 10.1 Å². The molecule has 1 aromatic rings. The van der Waals surface area contributed by atoms with Gasteiger partial charge in [0.05, 0.1) is 12.7 Å². The second kappa shape index (κ2) is 4.75. The van der Waals surface area contributed by atoms with E-state index in [1.165, 1.54) is 38.5 Å². The van der Waals surface area contributed by atoms with Crippen LogP contribution in [0.5, 0.6) is 5.75 Å². The largest absolute Gasteiger partial charge is 0.496 e. The van der Waals surface area contributed by atoms with Gasteiger partial charge in [0.1, 0.15) is 5.75 Å². The van der Waals surface area contributed by atoms with Crippen molar-refractivity contribution < 1.29 is 9.53 Å². The molecule has 0 saturated heterocycles. The lowest BCUT2D eigenvalue weighted by molar-refractivity contribution is -0.0167. The maximum Gasteiger partial charge on any atom is 0.255 e. The van der Waals surface area contributed by atoms with Crippen LogP contribution in [0, 0.1) is 17.8 Å². The van der Waals surface area contributed by atoms with Gasteiger partial charge in [-0.2, -0.15) is 0 Å². The summed E-state index contributed by atoms with van der Waals surface area (Å²) in [5, 5.41) is 3.40. The quantitative estimate of drug-likeness (QED) is 0.924. The number of nitrogens with one attached hydrogen (secondary N) is 1. The molecular weight excluding hydrogens is 262 g/mol. The zero-order valence-electron chi connectivity index (χ0n) is 12.6. The van der Waals surface area contributed by atoms with Gasteiger partial charge in [-0.05, 0) is 68.4 Å². The summed E-state index contributed by atoms with van der Waals surface area (Å²) in [6.45, 7) is 0. The van der Waals surface area contributed by atoms with Gasteiger partial charge in [-0.15, -0.1) is 0 Å². The molecule has 0 aromatic heterocycles. The van der Waals surface area contributed by atoms with Crippen LogP contribution in [0.2, 0.25) is 0 Å². The van der Waals surface area contributed by atoms with Crippen LogP contribution in [0.4, 0.5) is 0 Å². The third-order valence-corrected chi connectivity index (χ3v) is 5.77. The predicted octanol–water partition coefficient (Wildman–Crippen LogP) is 3.39. The summed E-state index contributed by atoms with van der Waals surface area (Å²) >= 11 is 0. The first-order valence-electron chi connectivity index (χ1n) is 8.13. The maximum absolute atomic E-state index is 12.7. The first kappa shape index (κ1) is 13.2. The summed E-state index contributed by atoms with van der Waals surface area (Å²) in [4.78, 5) is 12.7. The number of amides is 1. The van der Waals surface area contributed by atoms with Crippen molar-refractivity contribution in [3.8, 4) is 5.75 Å². The van der Waals surface area contributed by atoms with Crippen molar-refractivity contribution in [2.24, 2.45) is 17.8 Å². The summed E-state index contributed by atoms with van der Waals surface area (Å²) in [7, 11) is 1.62. The Labute approximate surface area is 126 Å². The van der Waals surface area contributed by atoms with E-state index >= 15 is 0 Å². The Bertz CT molecular complexity index is 531. The topological polar surface area (TPSA) is 38.3 Å². The number of rotatable bonds is 3. The Kier molecular flexibility index (Phi) is 2.98. The Hall–Kier alpha value is -1.51. The van der Waals surface area contributed by atoms with Crippen LogP contribution >= 0.6 is 0 Å². The smallest absolute Gasteiger partial charge is 0.255 e. The fraction of sp³-hybridized carbons (Fsp3) is 0.611. The van der Waals surface area contributed by atoms with Crippen molar-refractivity contribution in [3.63, 3.8) is 0 Å². The molecule has 5 rings (SSSR count). The molecule has 0 aliphatic heterocycles. The first-order valence-corrected chi connectivity index (χ1v) is 8.13. The lowest BCUT2D eigenvalue weighted by Gasteiger charge is -2.56. The first-order chi connectivity index (χ1) is 10.2. The molecule has 0 spiro atoms. The molecule has 4 bridgehead atoms. The number of hydrogen-bond donors (Lipinski definition) is 1. The molecule has 1 N–H and O–H groups in total. The molecule has 4 aliphatic carbocycles. The molecule has 1 aromatic carbocycles. The van der Waals surface area contributed by atoms with E-state index in [2.05, 4.69) is 5.32 Å². The molecule has 112 valence electrons. The second-order valence-corrected chi connectivity index (χ2v) is 7.35. The highest BCUT2D eigenvalue weighted by atomic mass is 16.5. The van der Waals surface area contributed by atoms with Gasteiger partial charge in [-0.1, -0.05) is 12.1 Å². The number of methoxy groups -OCH3 is 1. The lowest BCUT2D eigenvalue weighted by Crippen LogP contribution is -2.59. The Morgan fingerprint density at radius 2 is 1.67 bits per heavy atom. The molecule has 1 amide bonds. The summed E-state index contributed by atoms with van der Waals surface area (Å²) in [5.74, 6) is 3.23. The average molecular weight is 285 g/mol. The number of benzene rings is 1. The van der Waals surface area contributed by atoms with Crippen LogP contribution in [0.1, 0.15) is 48.9 Å². The Morgan fingerprint density at radius 1 is 1.10 bits per heavy atom. The summed E-state index contributed by atoms with van der Waals surface area (Å²) in [6, 6.07) is 7.51. The van der Waals surface area contributed by atoms with E-state index in [1.807, 2.05) is 24.3 Å². The van der Waals surface area contributed by atoms with Gasteiger partial charge < -0.3 is 10.1 Å². The second-order valence-electron chi connectivity index (χ2n) is 7.35. The molecule has 0 heterocycles. The van der Waals surface area contributed by atoms with E-state index in [0.29, 0.717) is 11.3 Å². The van der Waals surface area contributed by atoms with Crippen molar-refractivity contribution in [3.05, 3.63) is 29.8 Å². The molecule has 4 fully saturated rings. The van der Waals surface area contributed by atoms with Gasteiger partial charge >= 0.3 is 0 Å². The third-order valence-electron chi connectivity index (χ3n) is 5.77. The normalized spacial score (nSPS) is 36.5. The van der Waals surface area contributed by atoms with Crippen molar-refractivity contribution in [1.29, 1.82) is 0 Å². The van der Waals surface area contributed by atoms with Crippen LogP contribution in [0.15, 0.2) is 24.3 Å². The minimum absolute atomic E-state index is 0.0365. The zero-order valence-corrected chi connectivity index (χ0v) is 12.6. The predicted molar refractivity (Wildman–Crippen MR) is 81.4 cm³/mol. The molecule has 0 atom stereocenters. The van der Waals surface area contributed by atoms with E-state index in [1.54, 1.807) is 7.11 Å². The van der Waals surface area contributed by atoms with E-state index in [-0.39, 0.29) is 11.4 Å². The standard InChI is InChI=1S/C18H23NO2/c1-21-16-5-3-2-4-15(16)17(20)19-18-9-12-6-13(10-18)8-14(7-12)11-18/h2-5,12-14H,6-11H2,1H3,(H,19,20). The summed E-state index contributed by atoms with van der Waals surface area (Å²) < 4.78 is 5.33. The van der Waals surface area contributed by atoms with E-state index in [0.717, 1.165) is 17.8 Å². The van der Waals surface area contributed by atoms with Gasteiger partial charge in [0.25, 0.3) is 5.91 Å². The number of ether oxygens (including phenoxy) is 1. The third kappa shape index (κ3) is 2.23. The number of para-hydroxylation sites is 1.